The lowest BCUT2D eigenvalue weighted by atomic mass is 9.96. The minimum atomic E-state index is 0.863. The molecule has 2 nitrogen and oxygen atoms in total. The Kier molecular flexibility index (Phi) is 3.95. The maximum Gasteiger partial charge on any atom is 0.143 e. The maximum absolute atomic E-state index is 11.2. The van der Waals surface area contributed by atoms with E-state index >= 15 is 0 Å². The van der Waals surface area contributed by atoms with Gasteiger partial charge in [-0.05, 0) is 47.9 Å². The Labute approximate surface area is 147 Å². The molecule has 0 atom stereocenters. The largest absolute Gasteiger partial charge is 0.341 e. The molecule has 25 heavy (non-hydrogen) atoms. The SMILES string of the molecule is CCn1c2ccccc2c2cc(C(=CC=O)c3ccccc3)ccc21. The minimum absolute atomic E-state index is 0.863. The Hall–Kier alpha value is -3.13. The van der Waals surface area contributed by atoms with Gasteiger partial charge >= 0.3 is 0 Å². The molecule has 4 rings (SSSR count). The zero-order valence-corrected chi connectivity index (χ0v) is 14.1. The number of benzene rings is 3. The van der Waals surface area contributed by atoms with Crippen LogP contribution in [0.2, 0.25) is 0 Å². The van der Waals surface area contributed by atoms with Gasteiger partial charge in [0.05, 0.1) is 0 Å². The van der Waals surface area contributed by atoms with Crippen LogP contribution in [0.15, 0.2) is 78.9 Å². The van der Waals surface area contributed by atoms with Gasteiger partial charge in [0.15, 0.2) is 0 Å². The fourth-order valence-corrected chi connectivity index (χ4v) is 3.61. The first-order valence-corrected chi connectivity index (χ1v) is 8.55. The van der Waals surface area contributed by atoms with E-state index in [1.807, 2.05) is 30.3 Å². The second kappa shape index (κ2) is 6.40. The summed E-state index contributed by atoms with van der Waals surface area (Å²) in [6.45, 7) is 3.10. The minimum Gasteiger partial charge on any atom is -0.341 e. The maximum atomic E-state index is 11.2. The van der Waals surface area contributed by atoms with E-state index in [0.29, 0.717) is 0 Å². The number of nitrogens with zero attached hydrogens (tertiary/aromatic N) is 1. The molecule has 0 radical (unpaired) electrons. The van der Waals surface area contributed by atoms with Crippen molar-refractivity contribution in [3.05, 3.63) is 90.0 Å². The second-order valence-electron chi connectivity index (χ2n) is 6.08. The molecule has 0 amide bonds. The molecule has 0 N–H and O–H groups in total. The fourth-order valence-electron chi connectivity index (χ4n) is 3.61. The average Bonchev–Trinajstić information content (AvgIpc) is 3.00. The van der Waals surface area contributed by atoms with Crippen LogP contribution >= 0.6 is 0 Å². The molecule has 0 saturated carbocycles. The zero-order valence-electron chi connectivity index (χ0n) is 14.1. The predicted octanol–water partition coefficient (Wildman–Crippen LogP) is 5.45. The number of carbonyl (C=O) groups excluding carboxylic acids is 1. The van der Waals surface area contributed by atoms with Crippen molar-refractivity contribution in [2.75, 3.05) is 0 Å². The van der Waals surface area contributed by atoms with Crippen molar-refractivity contribution in [3.63, 3.8) is 0 Å². The van der Waals surface area contributed by atoms with E-state index in [-0.39, 0.29) is 0 Å². The third kappa shape index (κ3) is 2.56. The van der Waals surface area contributed by atoms with Crippen LogP contribution in [0, 0.1) is 0 Å². The van der Waals surface area contributed by atoms with E-state index in [9.17, 15) is 4.79 Å². The number of fused-ring (bicyclic) bond motifs is 3. The van der Waals surface area contributed by atoms with Crippen LogP contribution < -0.4 is 0 Å². The third-order valence-electron chi connectivity index (χ3n) is 4.72. The number of hydrogen-bond acceptors (Lipinski definition) is 1. The van der Waals surface area contributed by atoms with E-state index in [1.165, 1.54) is 21.8 Å². The van der Waals surface area contributed by atoms with Crippen molar-refractivity contribution in [1.29, 1.82) is 0 Å². The zero-order chi connectivity index (χ0) is 17.2. The van der Waals surface area contributed by atoms with Crippen LogP contribution in [0.1, 0.15) is 18.1 Å². The van der Waals surface area contributed by atoms with Gasteiger partial charge in [0.2, 0.25) is 0 Å². The highest BCUT2D eigenvalue weighted by Gasteiger charge is 2.12. The third-order valence-corrected chi connectivity index (χ3v) is 4.72. The summed E-state index contributed by atoms with van der Waals surface area (Å²) in [5, 5.41) is 2.47. The molecule has 4 aromatic rings. The van der Waals surface area contributed by atoms with Gasteiger partial charge in [0.25, 0.3) is 0 Å². The predicted molar refractivity (Wildman–Crippen MR) is 105 cm³/mol. The molecule has 2 heteroatoms. The summed E-state index contributed by atoms with van der Waals surface area (Å²) in [5.74, 6) is 0. The topological polar surface area (TPSA) is 22.0 Å². The number of para-hydroxylation sites is 1. The molecule has 0 aliphatic heterocycles. The Balaban J connectivity index is 1.99. The van der Waals surface area contributed by atoms with Gasteiger partial charge < -0.3 is 4.57 Å². The molecule has 1 heterocycles. The van der Waals surface area contributed by atoms with E-state index < -0.39 is 0 Å². The summed E-state index contributed by atoms with van der Waals surface area (Å²) in [6.07, 6.45) is 2.51. The lowest BCUT2D eigenvalue weighted by Crippen LogP contribution is -1.93. The molecule has 0 aliphatic rings. The van der Waals surface area contributed by atoms with Gasteiger partial charge in [-0.25, -0.2) is 0 Å². The Morgan fingerprint density at radius 2 is 1.56 bits per heavy atom. The van der Waals surface area contributed by atoms with E-state index in [1.54, 1.807) is 6.08 Å². The quantitative estimate of drug-likeness (QED) is 0.361. The molecule has 0 saturated heterocycles. The Morgan fingerprint density at radius 1 is 0.840 bits per heavy atom. The van der Waals surface area contributed by atoms with Crippen molar-refractivity contribution >= 4 is 33.7 Å². The molecule has 0 aliphatic carbocycles. The van der Waals surface area contributed by atoms with Gasteiger partial charge in [-0.1, -0.05) is 54.6 Å². The molecule has 122 valence electrons. The second-order valence-corrected chi connectivity index (χ2v) is 6.08. The van der Waals surface area contributed by atoms with Crippen molar-refractivity contribution in [1.82, 2.24) is 4.57 Å². The molecule has 0 bridgehead atoms. The highest BCUT2D eigenvalue weighted by Crippen LogP contribution is 2.32. The van der Waals surface area contributed by atoms with Crippen LogP contribution in [-0.2, 0) is 11.3 Å². The normalized spacial score (nSPS) is 12.0. The van der Waals surface area contributed by atoms with Gasteiger partial charge in [-0.2, -0.15) is 0 Å². The molecule has 0 unspecified atom stereocenters. The van der Waals surface area contributed by atoms with Gasteiger partial charge in [-0.3, -0.25) is 4.79 Å². The van der Waals surface area contributed by atoms with Gasteiger partial charge in [-0.15, -0.1) is 0 Å². The van der Waals surface area contributed by atoms with Crippen LogP contribution in [0.4, 0.5) is 0 Å². The van der Waals surface area contributed by atoms with E-state index in [0.717, 1.165) is 29.5 Å². The first kappa shape index (κ1) is 15.4. The number of aldehydes is 1. The standard InChI is InChI=1S/C23H19NO/c1-2-24-22-11-7-6-10-20(22)21-16-18(12-13-23(21)24)19(14-15-25)17-8-4-3-5-9-17/h3-16H,2H2,1H3. The molecule has 1 aromatic heterocycles. The summed E-state index contributed by atoms with van der Waals surface area (Å²) >= 11 is 0. The lowest BCUT2D eigenvalue weighted by Gasteiger charge is -2.09. The monoisotopic (exact) mass is 325 g/mol. The number of rotatable bonds is 4. The summed E-state index contributed by atoms with van der Waals surface area (Å²) in [7, 11) is 0. The Morgan fingerprint density at radius 3 is 2.32 bits per heavy atom. The van der Waals surface area contributed by atoms with Crippen LogP contribution in [0.25, 0.3) is 27.4 Å². The number of hydrogen-bond donors (Lipinski definition) is 0. The van der Waals surface area contributed by atoms with Gasteiger partial charge in [0, 0.05) is 28.4 Å². The Bertz CT molecular complexity index is 1090. The number of aromatic nitrogens is 1. The van der Waals surface area contributed by atoms with Gasteiger partial charge in [0.1, 0.15) is 6.29 Å². The number of carbonyl (C=O) groups is 1. The summed E-state index contributed by atoms with van der Waals surface area (Å²) < 4.78 is 2.33. The van der Waals surface area contributed by atoms with Crippen LogP contribution in [0.3, 0.4) is 0 Å². The molecule has 3 aromatic carbocycles. The van der Waals surface area contributed by atoms with E-state index in [4.69, 9.17) is 0 Å². The van der Waals surface area contributed by atoms with Crippen molar-refractivity contribution in [2.24, 2.45) is 0 Å². The van der Waals surface area contributed by atoms with E-state index in [2.05, 4.69) is 54.0 Å². The van der Waals surface area contributed by atoms with Crippen molar-refractivity contribution in [3.8, 4) is 0 Å². The average molecular weight is 325 g/mol. The number of allylic oxidation sites excluding steroid dienone is 1. The summed E-state index contributed by atoms with van der Waals surface area (Å²) in [6, 6.07) is 25.0. The fraction of sp³-hybridized carbons (Fsp3) is 0.0870. The molecule has 0 fully saturated rings. The highest BCUT2D eigenvalue weighted by molar-refractivity contribution is 6.09. The molecular formula is C23H19NO. The first-order chi connectivity index (χ1) is 12.3. The smallest absolute Gasteiger partial charge is 0.143 e. The molecular weight excluding hydrogens is 306 g/mol. The lowest BCUT2D eigenvalue weighted by molar-refractivity contribution is -0.104. The first-order valence-electron chi connectivity index (χ1n) is 8.55. The molecule has 0 spiro atoms. The van der Waals surface area contributed by atoms with Crippen molar-refractivity contribution < 1.29 is 4.79 Å². The summed E-state index contributed by atoms with van der Waals surface area (Å²) in [4.78, 5) is 11.2. The van der Waals surface area contributed by atoms with Crippen molar-refractivity contribution in [2.45, 2.75) is 13.5 Å². The van der Waals surface area contributed by atoms with Crippen LogP contribution in [-0.4, -0.2) is 10.9 Å². The summed E-state index contributed by atoms with van der Waals surface area (Å²) in [5.41, 5.74) is 5.53. The highest BCUT2D eigenvalue weighted by atomic mass is 16.1. The van der Waals surface area contributed by atoms with Crippen LogP contribution in [0.5, 0.6) is 0 Å². The number of aryl methyl sites for hydroxylation is 1.